The van der Waals surface area contributed by atoms with Crippen LogP contribution in [-0.4, -0.2) is 24.4 Å². The molecule has 0 fully saturated rings. The van der Waals surface area contributed by atoms with Crippen LogP contribution in [0.1, 0.15) is 43.8 Å². The summed E-state index contributed by atoms with van der Waals surface area (Å²) in [5.41, 5.74) is 2.10. The molecular weight excluding hydrogens is 204 g/mol. The van der Waals surface area contributed by atoms with Gasteiger partial charge in [0, 0.05) is 24.8 Å². The molecule has 1 aromatic rings. The average Bonchev–Trinajstić information content (AvgIpc) is 2.57. The van der Waals surface area contributed by atoms with E-state index in [0.717, 1.165) is 17.0 Å². The van der Waals surface area contributed by atoms with Crippen LogP contribution >= 0.6 is 0 Å². The minimum absolute atomic E-state index is 0.183. The smallest absolute Gasteiger partial charge is 0.138 e. The fourth-order valence-corrected chi connectivity index (χ4v) is 1.93. The molecule has 0 bridgehead atoms. The molecule has 1 N–H and O–H groups in total. The van der Waals surface area contributed by atoms with E-state index in [9.17, 15) is 0 Å². The Labute approximate surface area is 97.3 Å². The molecule has 3 atom stereocenters. The zero-order valence-corrected chi connectivity index (χ0v) is 11.0. The lowest BCUT2D eigenvalue weighted by Gasteiger charge is -2.24. The lowest BCUT2D eigenvalue weighted by molar-refractivity contribution is 0.0851. The summed E-state index contributed by atoms with van der Waals surface area (Å²) in [5.74, 6) is 0.884. The highest BCUT2D eigenvalue weighted by atomic mass is 16.5. The number of hydrogen-bond acceptors (Lipinski definition) is 4. The van der Waals surface area contributed by atoms with Gasteiger partial charge in [-0.3, -0.25) is 0 Å². The zero-order chi connectivity index (χ0) is 12.3. The fraction of sp³-hybridized carbons (Fsp3) is 0.750. The van der Waals surface area contributed by atoms with Crippen molar-refractivity contribution in [2.24, 2.45) is 0 Å². The summed E-state index contributed by atoms with van der Waals surface area (Å²) in [5, 5.41) is 7.45. The third-order valence-electron chi connectivity index (χ3n) is 3.11. The number of ether oxygens (including phenoxy) is 1. The molecule has 1 rings (SSSR count). The van der Waals surface area contributed by atoms with E-state index in [1.807, 2.05) is 13.8 Å². The number of nitrogens with one attached hydrogen (secondary N) is 1. The van der Waals surface area contributed by atoms with E-state index < -0.39 is 0 Å². The van der Waals surface area contributed by atoms with Crippen molar-refractivity contribution in [3.05, 3.63) is 17.0 Å². The minimum atomic E-state index is 0.183. The summed E-state index contributed by atoms with van der Waals surface area (Å²) in [7, 11) is 1.73. The quantitative estimate of drug-likeness (QED) is 0.837. The first kappa shape index (κ1) is 13.2. The summed E-state index contributed by atoms with van der Waals surface area (Å²) in [4.78, 5) is 0. The maximum absolute atomic E-state index is 5.29. The molecule has 0 aliphatic heterocycles. The SMILES string of the molecule is COC(C)C(C)NC(C)c1c(C)noc1C. The lowest BCUT2D eigenvalue weighted by atomic mass is 10.1. The number of nitrogens with zero attached hydrogens (tertiary/aromatic N) is 1. The van der Waals surface area contributed by atoms with Gasteiger partial charge < -0.3 is 14.6 Å². The van der Waals surface area contributed by atoms with Gasteiger partial charge in [0.25, 0.3) is 0 Å². The highest BCUT2D eigenvalue weighted by Gasteiger charge is 2.20. The van der Waals surface area contributed by atoms with Crippen LogP contribution in [0.25, 0.3) is 0 Å². The van der Waals surface area contributed by atoms with Crippen LogP contribution in [-0.2, 0) is 4.74 Å². The van der Waals surface area contributed by atoms with Crippen molar-refractivity contribution in [3.8, 4) is 0 Å². The minimum Gasteiger partial charge on any atom is -0.380 e. The van der Waals surface area contributed by atoms with E-state index in [4.69, 9.17) is 9.26 Å². The van der Waals surface area contributed by atoms with Crippen molar-refractivity contribution in [3.63, 3.8) is 0 Å². The van der Waals surface area contributed by atoms with Crippen LogP contribution in [0.15, 0.2) is 4.52 Å². The van der Waals surface area contributed by atoms with Crippen LogP contribution < -0.4 is 5.32 Å². The van der Waals surface area contributed by atoms with E-state index in [1.165, 1.54) is 0 Å². The average molecular weight is 226 g/mol. The molecule has 0 radical (unpaired) electrons. The van der Waals surface area contributed by atoms with Gasteiger partial charge in [-0.25, -0.2) is 0 Å². The standard InChI is InChI=1S/C12H22N2O2/c1-7(10(4)15-6)13-8(2)12-9(3)14-16-11(12)5/h7-8,10,13H,1-6H3. The summed E-state index contributed by atoms with van der Waals surface area (Å²) < 4.78 is 10.5. The first-order valence-corrected chi connectivity index (χ1v) is 5.69. The number of methoxy groups -OCH3 is 1. The molecule has 0 spiro atoms. The third kappa shape index (κ3) is 2.83. The predicted molar refractivity (Wildman–Crippen MR) is 63.5 cm³/mol. The molecule has 0 aliphatic carbocycles. The molecule has 1 aromatic heterocycles. The highest BCUT2D eigenvalue weighted by Crippen LogP contribution is 2.21. The van der Waals surface area contributed by atoms with Gasteiger partial charge >= 0.3 is 0 Å². The van der Waals surface area contributed by atoms with Crippen LogP contribution in [0.4, 0.5) is 0 Å². The molecule has 0 saturated heterocycles. The largest absolute Gasteiger partial charge is 0.380 e. The molecule has 0 saturated carbocycles. The van der Waals surface area contributed by atoms with Gasteiger partial charge in [-0.15, -0.1) is 0 Å². The fourth-order valence-electron chi connectivity index (χ4n) is 1.93. The van der Waals surface area contributed by atoms with Crippen molar-refractivity contribution in [1.82, 2.24) is 10.5 Å². The number of aromatic nitrogens is 1. The van der Waals surface area contributed by atoms with Gasteiger partial charge in [-0.1, -0.05) is 5.16 Å². The van der Waals surface area contributed by atoms with Crippen LogP contribution in [0.5, 0.6) is 0 Å². The van der Waals surface area contributed by atoms with Gasteiger partial charge in [-0.05, 0) is 34.6 Å². The van der Waals surface area contributed by atoms with Crippen LogP contribution in [0, 0.1) is 13.8 Å². The Morgan fingerprint density at radius 2 is 1.88 bits per heavy atom. The first-order valence-electron chi connectivity index (χ1n) is 5.69. The van der Waals surface area contributed by atoms with Gasteiger partial charge in [0.15, 0.2) is 0 Å². The molecule has 1 heterocycles. The van der Waals surface area contributed by atoms with E-state index in [-0.39, 0.29) is 18.2 Å². The molecule has 4 heteroatoms. The monoisotopic (exact) mass is 226 g/mol. The van der Waals surface area contributed by atoms with Crippen molar-refractivity contribution in [2.75, 3.05) is 7.11 Å². The predicted octanol–water partition coefficient (Wildman–Crippen LogP) is 2.37. The maximum atomic E-state index is 5.29. The normalized spacial score (nSPS) is 17.1. The Hall–Kier alpha value is -0.870. The molecule has 4 nitrogen and oxygen atoms in total. The van der Waals surface area contributed by atoms with Crippen molar-refractivity contribution < 1.29 is 9.26 Å². The maximum Gasteiger partial charge on any atom is 0.138 e. The second-order valence-electron chi connectivity index (χ2n) is 4.36. The van der Waals surface area contributed by atoms with Crippen LogP contribution in [0.2, 0.25) is 0 Å². The molecule has 0 aliphatic rings. The first-order chi connectivity index (χ1) is 7.47. The Kier molecular flexibility index (Phi) is 4.50. The summed E-state index contributed by atoms with van der Waals surface area (Å²) in [6.45, 7) is 10.2. The van der Waals surface area contributed by atoms with E-state index in [0.29, 0.717) is 0 Å². The highest BCUT2D eigenvalue weighted by molar-refractivity contribution is 5.24. The Morgan fingerprint density at radius 1 is 1.25 bits per heavy atom. The van der Waals surface area contributed by atoms with Gasteiger partial charge in [0.05, 0.1) is 11.8 Å². The van der Waals surface area contributed by atoms with Crippen LogP contribution in [0.3, 0.4) is 0 Å². The van der Waals surface area contributed by atoms with E-state index in [1.54, 1.807) is 7.11 Å². The van der Waals surface area contributed by atoms with Gasteiger partial charge in [-0.2, -0.15) is 0 Å². The molecule has 92 valence electrons. The summed E-state index contributed by atoms with van der Waals surface area (Å²) in [6, 6.07) is 0.507. The molecule has 0 amide bonds. The van der Waals surface area contributed by atoms with E-state index in [2.05, 4.69) is 31.2 Å². The topological polar surface area (TPSA) is 47.3 Å². The molecule has 0 aromatic carbocycles. The van der Waals surface area contributed by atoms with Gasteiger partial charge in [0.2, 0.25) is 0 Å². The zero-order valence-electron chi connectivity index (χ0n) is 11.0. The Balaban J connectivity index is 2.69. The van der Waals surface area contributed by atoms with Crippen molar-refractivity contribution >= 4 is 0 Å². The Bertz CT molecular complexity index is 316. The van der Waals surface area contributed by atoms with Gasteiger partial charge in [0.1, 0.15) is 5.76 Å². The van der Waals surface area contributed by atoms with E-state index >= 15 is 0 Å². The lowest BCUT2D eigenvalue weighted by Crippen LogP contribution is -2.38. The van der Waals surface area contributed by atoms with Crippen molar-refractivity contribution in [2.45, 2.75) is 52.8 Å². The second-order valence-corrected chi connectivity index (χ2v) is 4.36. The Morgan fingerprint density at radius 3 is 2.31 bits per heavy atom. The summed E-state index contributed by atoms with van der Waals surface area (Å²) in [6.07, 6.45) is 0.183. The molecular formula is C12H22N2O2. The number of hydrogen-bond donors (Lipinski definition) is 1. The summed E-state index contributed by atoms with van der Waals surface area (Å²) >= 11 is 0. The molecule has 3 unspecified atom stereocenters. The number of rotatable bonds is 5. The van der Waals surface area contributed by atoms with Crippen molar-refractivity contribution in [1.29, 1.82) is 0 Å². The second kappa shape index (κ2) is 5.46. The number of aryl methyl sites for hydroxylation is 2. The third-order valence-corrected chi connectivity index (χ3v) is 3.11. The molecule has 16 heavy (non-hydrogen) atoms.